The van der Waals surface area contributed by atoms with Crippen LogP contribution in [0.2, 0.25) is 0 Å². The molecule has 1 rings (SSSR count). The Morgan fingerprint density at radius 1 is 0.833 bits per heavy atom. The molecule has 0 heteroatoms. The fraction of sp³-hybridized carbons (Fsp3) is 0.778. The number of hydrogen-bond donors (Lipinski definition) is 0. The Balaban J connectivity index is 3.48. The van der Waals surface area contributed by atoms with Gasteiger partial charge in [-0.3, -0.25) is 0 Å². The summed E-state index contributed by atoms with van der Waals surface area (Å²) < 4.78 is 0. The minimum Gasteiger partial charge on any atom is -0.0836 e. The van der Waals surface area contributed by atoms with E-state index in [1.807, 2.05) is 0 Å². The first-order valence-electron chi connectivity index (χ1n) is 7.66. The van der Waals surface area contributed by atoms with Crippen molar-refractivity contribution in [3.05, 3.63) is 23.3 Å². The number of rotatable bonds is 4. The van der Waals surface area contributed by atoms with E-state index in [2.05, 4.69) is 67.5 Å². The molecule has 0 heterocycles. The maximum Gasteiger partial charge on any atom is 0.0142 e. The van der Waals surface area contributed by atoms with Gasteiger partial charge < -0.3 is 0 Å². The maximum atomic E-state index is 2.52. The number of hydrogen-bond acceptors (Lipinski definition) is 0. The summed E-state index contributed by atoms with van der Waals surface area (Å²) in [5.41, 5.74) is 3.69. The summed E-state index contributed by atoms with van der Waals surface area (Å²) in [6.45, 7) is 19.0. The summed E-state index contributed by atoms with van der Waals surface area (Å²) in [5, 5.41) is 0. The first-order valence-corrected chi connectivity index (χ1v) is 7.66. The summed E-state index contributed by atoms with van der Waals surface area (Å²) >= 11 is 0. The second kappa shape index (κ2) is 5.63. The van der Waals surface area contributed by atoms with Crippen molar-refractivity contribution in [3.63, 3.8) is 0 Å². The molecular weight excluding hydrogens is 216 g/mol. The Labute approximate surface area is 115 Å². The lowest BCUT2D eigenvalue weighted by Gasteiger charge is -2.47. The molecule has 0 radical (unpaired) electrons. The highest BCUT2D eigenvalue weighted by molar-refractivity contribution is 5.37. The van der Waals surface area contributed by atoms with E-state index in [1.165, 1.54) is 0 Å². The van der Waals surface area contributed by atoms with Crippen LogP contribution in [-0.2, 0) is 0 Å². The third-order valence-corrected chi connectivity index (χ3v) is 4.73. The maximum absolute atomic E-state index is 2.52. The van der Waals surface area contributed by atoms with Gasteiger partial charge in [-0.2, -0.15) is 0 Å². The SMILES string of the molecule is CC(C)C1=C(C(C)C)C(C(C)C)(C(C)C)C=CC1. The minimum atomic E-state index is 0.270. The molecule has 0 atom stereocenters. The van der Waals surface area contributed by atoms with Crippen LogP contribution in [0.25, 0.3) is 0 Å². The standard InChI is InChI=1S/C18H32/c1-12(2)16-10-9-11-18(14(5)6,15(7)8)17(16)13(3)4/h9,11-15H,10H2,1-8H3. The smallest absolute Gasteiger partial charge is 0.0142 e. The first kappa shape index (κ1) is 15.5. The molecule has 1 aliphatic carbocycles. The van der Waals surface area contributed by atoms with E-state index in [9.17, 15) is 0 Å². The molecule has 104 valence electrons. The van der Waals surface area contributed by atoms with E-state index < -0.39 is 0 Å². The van der Waals surface area contributed by atoms with E-state index in [0.717, 1.165) is 6.42 Å². The molecule has 0 spiro atoms. The van der Waals surface area contributed by atoms with Crippen LogP contribution < -0.4 is 0 Å². The van der Waals surface area contributed by atoms with E-state index in [0.29, 0.717) is 23.7 Å². The van der Waals surface area contributed by atoms with Crippen molar-refractivity contribution in [2.45, 2.75) is 61.8 Å². The van der Waals surface area contributed by atoms with Crippen LogP contribution >= 0.6 is 0 Å². The Morgan fingerprint density at radius 2 is 1.33 bits per heavy atom. The van der Waals surface area contributed by atoms with Gasteiger partial charge in [0.05, 0.1) is 0 Å². The molecule has 0 N–H and O–H groups in total. The summed E-state index contributed by atoms with van der Waals surface area (Å²) in [6, 6.07) is 0. The molecule has 0 amide bonds. The summed E-state index contributed by atoms with van der Waals surface area (Å²) in [6.07, 6.45) is 6.09. The Kier molecular flexibility index (Phi) is 4.86. The van der Waals surface area contributed by atoms with Crippen LogP contribution in [-0.4, -0.2) is 0 Å². The molecule has 0 aromatic rings. The lowest BCUT2D eigenvalue weighted by Crippen LogP contribution is -2.38. The summed E-state index contributed by atoms with van der Waals surface area (Å²) in [4.78, 5) is 0. The monoisotopic (exact) mass is 248 g/mol. The molecule has 0 fully saturated rings. The Hall–Kier alpha value is -0.520. The minimum absolute atomic E-state index is 0.270. The second-order valence-electron chi connectivity index (χ2n) is 7.10. The predicted molar refractivity (Wildman–Crippen MR) is 82.6 cm³/mol. The molecule has 0 aromatic heterocycles. The van der Waals surface area contributed by atoms with Gasteiger partial charge in [0.25, 0.3) is 0 Å². The molecule has 0 saturated carbocycles. The van der Waals surface area contributed by atoms with Crippen molar-refractivity contribution in [1.29, 1.82) is 0 Å². The number of allylic oxidation sites excluding steroid dienone is 4. The molecular formula is C18H32. The van der Waals surface area contributed by atoms with E-state index in [-0.39, 0.29) is 5.41 Å². The van der Waals surface area contributed by atoms with Gasteiger partial charge in [-0.05, 0) is 30.1 Å². The first-order chi connectivity index (χ1) is 8.25. The highest BCUT2D eigenvalue weighted by Gasteiger charge is 2.42. The summed E-state index contributed by atoms with van der Waals surface area (Å²) in [5.74, 6) is 2.65. The zero-order valence-electron chi connectivity index (χ0n) is 13.7. The largest absolute Gasteiger partial charge is 0.0836 e. The zero-order chi connectivity index (χ0) is 14.1. The van der Waals surface area contributed by atoms with Gasteiger partial charge in [0.1, 0.15) is 0 Å². The zero-order valence-corrected chi connectivity index (χ0v) is 13.7. The van der Waals surface area contributed by atoms with Crippen LogP contribution in [0.5, 0.6) is 0 Å². The highest BCUT2D eigenvalue weighted by atomic mass is 14.5. The van der Waals surface area contributed by atoms with Crippen molar-refractivity contribution >= 4 is 0 Å². The fourth-order valence-electron chi connectivity index (χ4n) is 3.95. The van der Waals surface area contributed by atoms with Gasteiger partial charge in [-0.25, -0.2) is 0 Å². The van der Waals surface area contributed by atoms with Gasteiger partial charge in [0.2, 0.25) is 0 Å². The lowest BCUT2D eigenvalue weighted by atomic mass is 9.57. The second-order valence-corrected chi connectivity index (χ2v) is 7.10. The molecule has 0 nitrogen and oxygen atoms in total. The molecule has 0 saturated heterocycles. The van der Waals surface area contributed by atoms with Crippen LogP contribution in [0.4, 0.5) is 0 Å². The van der Waals surface area contributed by atoms with Crippen LogP contribution in [0, 0.1) is 29.1 Å². The third kappa shape index (κ3) is 2.44. The highest BCUT2D eigenvalue weighted by Crippen LogP contribution is 2.51. The molecule has 0 aromatic carbocycles. The van der Waals surface area contributed by atoms with Crippen LogP contribution in [0.15, 0.2) is 23.3 Å². The van der Waals surface area contributed by atoms with Crippen molar-refractivity contribution in [2.75, 3.05) is 0 Å². The van der Waals surface area contributed by atoms with Gasteiger partial charge in [0, 0.05) is 5.41 Å². The van der Waals surface area contributed by atoms with E-state index in [4.69, 9.17) is 0 Å². The van der Waals surface area contributed by atoms with Crippen LogP contribution in [0.3, 0.4) is 0 Å². The van der Waals surface area contributed by atoms with Crippen molar-refractivity contribution in [3.8, 4) is 0 Å². The van der Waals surface area contributed by atoms with Gasteiger partial charge in [-0.15, -0.1) is 0 Å². The predicted octanol–water partition coefficient (Wildman–Crippen LogP) is 5.85. The quantitative estimate of drug-likeness (QED) is 0.547. The van der Waals surface area contributed by atoms with Gasteiger partial charge >= 0.3 is 0 Å². The lowest BCUT2D eigenvalue weighted by molar-refractivity contribution is 0.205. The van der Waals surface area contributed by atoms with Crippen molar-refractivity contribution in [1.82, 2.24) is 0 Å². The normalized spacial score (nSPS) is 19.8. The molecule has 0 bridgehead atoms. The summed E-state index contributed by atoms with van der Waals surface area (Å²) in [7, 11) is 0. The van der Waals surface area contributed by atoms with Crippen molar-refractivity contribution < 1.29 is 0 Å². The Morgan fingerprint density at radius 3 is 1.67 bits per heavy atom. The molecule has 0 unspecified atom stereocenters. The topological polar surface area (TPSA) is 0 Å². The Bertz CT molecular complexity index is 329. The van der Waals surface area contributed by atoms with E-state index >= 15 is 0 Å². The van der Waals surface area contributed by atoms with E-state index in [1.54, 1.807) is 11.1 Å². The molecule has 18 heavy (non-hydrogen) atoms. The van der Waals surface area contributed by atoms with Crippen LogP contribution in [0.1, 0.15) is 61.8 Å². The average Bonchev–Trinajstić information content (AvgIpc) is 2.26. The van der Waals surface area contributed by atoms with Gasteiger partial charge in [0.15, 0.2) is 0 Å². The van der Waals surface area contributed by atoms with Gasteiger partial charge in [-0.1, -0.05) is 78.7 Å². The average molecular weight is 248 g/mol. The molecule has 0 aliphatic heterocycles. The van der Waals surface area contributed by atoms with Crippen molar-refractivity contribution in [2.24, 2.45) is 29.1 Å². The fourth-order valence-corrected chi connectivity index (χ4v) is 3.95. The molecule has 1 aliphatic rings. The third-order valence-electron chi connectivity index (χ3n) is 4.73.